The summed E-state index contributed by atoms with van der Waals surface area (Å²) in [5.74, 6) is -0.792. The highest BCUT2D eigenvalue weighted by molar-refractivity contribution is 8.14. The first-order valence-electron chi connectivity index (χ1n) is 8.83. The van der Waals surface area contributed by atoms with E-state index in [2.05, 4.69) is 23.9 Å². The molecule has 0 saturated carbocycles. The van der Waals surface area contributed by atoms with E-state index >= 15 is 0 Å². The molecule has 0 radical (unpaired) electrons. The van der Waals surface area contributed by atoms with Gasteiger partial charge in [-0.05, 0) is 31.2 Å². The van der Waals surface area contributed by atoms with E-state index in [1.54, 1.807) is 6.92 Å². The Morgan fingerprint density at radius 1 is 1.12 bits per heavy atom. The van der Waals surface area contributed by atoms with Gasteiger partial charge in [-0.15, -0.1) is 0 Å². The van der Waals surface area contributed by atoms with Crippen molar-refractivity contribution < 1.29 is 19.1 Å². The molecule has 0 aliphatic heterocycles. The fraction of sp³-hybridized carbons (Fsp3) is 0.550. The maximum Gasteiger partial charge on any atom is 0.328 e. The van der Waals surface area contributed by atoms with Gasteiger partial charge >= 0.3 is 5.97 Å². The van der Waals surface area contributed by atoms with Crippen LogP contribution in [0.1, 0.15) is 39.7 Å². The van der Waals surface area contributed by atoms with Crippen LogP contribution in [0.15, 0.2) is 30.3 Å². The van der Waals surface area contributed by atoms with Crippen LogP contribution >= 0.6 is 11.8 Å². The molecule has 3 atom stereocenters. The molecule has 0 unspecified atom stereocenters. The minimum Gasteiger partial charge on any atom is -0.467 e. The SMILES string of the molecule is COC(=O)[C@H](C)NC(=O)[C@H](Cc1ccccc1)[C@@H](CC(C)C)SC(C)=O. The molecule has 26 heavy (non-hydrogen) atoms. The predicted molar refractivity (Wildman–Crippen MR) is 105 cm³/mol. The summed E-state index contributed by atoms with van der Waals surface area (Å²) in [4.78, 5) is 36.3. The number of hydrogen-bond donors (Lipinski definition) is 1. The lowest BCUT2D eigenvalue weighted by atomic mass is 9.90. The van der Waals surface area contributed by atoms with Crippen molar-refractivity contribution in [2.24, 2.45) is 11.8 Å². The molecule has 0 aliphatic rings. The Kier molecular flexibility index (Phi) is 9.41. The van der Waals surface area contributed by atoms with Gasteiger partial charge in [0, 0.05) is 12.2 Å². The van der Waals surface area contributed by atoms with Crippen LogP contribution in [0.4, 0.5) is 0 Å². The van der Waals surface area contributed by atoms with E-state index in [0.29, 0.717) is 12.3 Å². The molecule has 0 bridgehead atoms. The molecule has 144 valence electrons. The Bertz CT molecular complexity index is 603. The number of carbonyl (C=O) groups excluding carboxylic acids is 3. The maximum atomic E-state index is 12.9. The lowest BCUT2D eigenvalue weighted by Gasteiger charge is -2.27. The summed E-state index contributed by atoms with van der Waals surface area (Å²) in [6.07, 6.45) is 1.25. The first-order valence-corrected chi connectivity index (χ1v) is 9.71. The van der Waals surface area contributed by atoms with Crippen LogP contribution in [-0.2, 0) is 25.5 Å². The third-order valence-corrected chi connectivity index (χ3v) is 5.17. The number of esters is 1. The maximum absolute atomic E-state index is 12.9. The van der Waals surface area contributed by atoms with Crippen molar-refractivity contribution in [1.29, 1.82) is 0 Å². The van der Waals surface area contributed by atoms with Crippen LogP contribution in [0.3, 0.4) is 0 Å². The summed E-state index contributed by atoms with van der Waals surface area (Å²) >= 11 is 1.21. The number of methoxy groups -OCH3 is 1. The summed E-state index contributed by atoms with van der Waals surface area (Å²) in [6.45, 7) is 7.26. The van der Waals surface area contributed by atoms with Crippen LogP contribution in [0.25, 0.3) is 0 Å². The molecule has 5 nitrogen and oxygen atoms in total. The summed E-state index contributed by atoms with van der Waals surface area (Å²) in [5.41, 5.74) is 1.02. The van der Waals surface area contributed by atoms with Gasteiger partial charge in [-0.3, -0.25) is 9.59 Å². The highest BCUT2D eigenvalue weighted by Crippen LogP contribution is 2.30. The number of ether oxygens (including phenoxy) is 1. The monoisotopic (exact) mass is 379 g/mol. The third kappa shape index (κ3) is 7.60. The smallest absolute Gasteiger partial charge is 0.328 e. The highest BCUT2D eigenvalue weighted by Gasteiger charge is 2.32. The van der Waals surface area contributed by atoms with Crippen molar-refractivity contribution in [3.63, 3.8) is 0 Å². The summed E-state index contributed by atoms with van der Waals surface area (Å²) in [5, 5.41) is 2.57. The molecule has 0 aromatic heterocycles. The number of nitrogens with one attached hydrogen (secondary N) is 1. The second-order valence-corrected chi connectivity index (χ2v) is 8.24. The van der Waals surface area contributed by atoms with Crippen molar-refractivity contribution in [1.82, 2.24) is 5.32 Å². The molecule has 1 amide bonds. The van der Waals surface area contributed by atoms with Crippen LogP contribution in [-0.4, -0.2) is 35.4 Å². The van der Waals surface area contributed by atoms with E-state index in [1.807, 2.05) is 30.3 Å². The average Bonchev–Trinajstić information content (AvgIpc) is 2.58. The number of rotatable bonds is 9. The molecule has 1 aromatic rings. The number of thioether (sulfide) groups is 1. The van der Waals surface area contributed by atoms with Gasteiger partial charge in [-0.25, -0.2) is 4.79 Å². The first kappa shape index (κ1) is 22.2. The van der Waals surface area contributed by atoms with Crippen LogP contribution in [0.5, 0.6) is 0 Å². The van der Waals surface area contributed by atoms with E-state index < -0.39 is 17.9 Å². The van der Waals surface area contributed by atoms with Gasteiger partial charge in [0.25, 0.3) is 0 Å². The quantitative estimate of drug-likeness (QED) is 0.667. The van der Waals surface area contributed by atoms with Gasteiger partial charge < -0.3 is 10.1 Å². The van der Waals surface area contributed by atoms with Gasteiger partial charge in [0.1, 0.15) is 6.04 Å². The van der Waals surface area contributed by atoms with Crippen LogP contribution < -0.4 is 5.32 Å². The fourth-order valence-corrected chi connectivity index (χ4v) is 4.08. The fourth-order valence-electron chi connectivity index (χ4n) is 2.79. The van der Waals surface area contributed by atoms with Gasteiger partial charge in [0.15, 0.2) is 5.12 Å². The number of amides is 1. The van der Waals surface area contributed by atoms with Crippen molar-refractivity contribution in [2.75, 3.05) is 7.11 Å². The molecular weight excluding hydrogens is 350 g/mol. The van der Waals surface area contributed by atoms with Gasteiger partial charge in [0.2, 0.25) is 5.91 Å². The number of carbonyl (C=O) groups is 3. The Labute approximate surface area is 160 Å². The van der Waals surface area contributed by atoms with E-state index in [4.69, 9.17) is 0 Å². The minimum atomic E-state index is -0.729. The van der Waals surface area contributed by atoms with E-state index in [0.717, 1.165) is 12.0 Å². The van der Waals surface area contributed by atoms with Gasteiger partial charge in [-0.2, -0.15) is 0 Å². The zero-order valence-corrected chi connectivity index (χ0v) is 17.0. The average molecular weight is 380 g/mol. The number of benzene rings is 1. The lowest BCUT2D eigenvalue weighted by Crippen LogP contribution is -2.45. The molecule has 1 aromatic carbocycles. The molecular formula is C20H29NO4S. The molecule has 0 aliphatic carbocycles. The zero-order valence-electron chi connectivity index (χ0n) is 16.2. The van der Waals surface area contributed by atoms with Crippen LogP contribution in [0.2, 0.25) is 0 Å². The number of hydrogen-bond acceptors (Lipinski definition) is 5. The topological polar surface area (TPSA) is 72.5 Å². The molecule has 6 heteroatoms. The van der Waals surface area contributed by atoms with Crippen molar-refractivity contribution >= 4 is 28.8 Å². The highest BCUT2D eigenvalue weighted by atomic mass is 32.2. The van der Waals surface area contributed by atoms with Crippen molar-refractivity contribution in [3.05, 3.63) is 35.9 Å². The van der Waals surface area contributed by atoms with Crippen molar-refractivity contribution in [3.8, 4) is 0 Å². The van der Waals surface area contributed by atoms with Gasteiger partial charge in [-0.1, -0.05) is 55.9 Å². The van der Waals surface area contributed by atoms with Crippen LogP contribution in [0, 0.1) is 11.8 Å². The normalized spacial score (nSPS) is 14.4. The molecule has 0 fully saturated rings. The zero-order chi connectivity index (χ0) is 19.7. The third-order valence-electron chi connectivity index (χ3n) is 4.02. The molecule has 1 rings (SSSR count). The van der Waals surface area contributed by atoms with E-state index in [-0.39, 0.29) is 16.3 Å². The largest absolute Gasteiger partial charge is 0.467 e. The predicted octanol–water partition coefficient (Wildman–Crippen LogP) is 3.22. The summed E-state index contributed by atoms with van der Waals surface area (Å²) < 4.78 is 4.69. The lowest BCUT2D eigenvalue weighted by molar-refractivity contribution is -0.145. The second-order valence-electron chi connectivity index (χ2n) is 6.83. The molecule has 0 heterocycles. The standard InChI is InChI=1S/C20H29NO4S/c1-13(2)11-18(26-15(4)22)17(12-16-9-7-6-8-10-16)19(23)21-14(3)20(24)25-5/h6-10,13-14,17-18H,11-12H2,1-5H3,(H,21,23)/t14-,17+,18+/m0/s1. The van der Waals surface area contributed by atoms with E-state index in [1.165, 1.54) is 25.8 Å². The summed E-state index contributed by atoms with van der Waals surface area (Å²) in [7, 11) is 1.29. The molecule has 0 saturated heterocycles. The Morgan fingerprint density at radius 2 is 1.73 bits per heavy atom. The summed E-state index contributed by atoms with van der Waals surface area (Å²) in [6, 6.07) is 8.98. The van der Waals surface area contributed by atoms with Crippen molar-refractivity contribution in [2.45, 2.75) is 51.8 Å². The second kappa shape index (κ2) is 11.0. The van der Waals surface area contributed by atoms with Gasteiger partial charge in [0.05, 0.1) is 13.0 Å². The Balaban J connectivity index is 3.06. The van der Waals surface area contributed by atoms with E-state index in [9.17, 15) is 14.4 Å². The Morgan fingerprint density at radius 3 is 2.23 bits per heavy atom. The molecule has 0 spiro atoms. The first-order chi connectivity index (χ1) is 12.2. The Hall–Kier alpha value is -1.82. The minimum absolute atomic E-state index is 0.0115. The molecule has 1 N–H and O–H groups in total.